The van der Waals surface area contributed by atoms with Gasteiger partial charge in [0.15, 0.2) is 0 Å². The number of nitrogens with zero attached hydrogens (tertiary/aromatic N) is 1. The minimum Gasteiger partial charge on any atom is -0.387 e. The van der Waals surface area contributed by atoms with Crippen LogP contribution in [0.3, 0.4) is 0 Å². The zero-order chi connectivity index (χ0) is 57.7. The summed E-state index contributed by atoms with van der Waals surface area (Å²) in [5.74, 6) is -0.180. The highest BCUT2D eigenvalue weighted by atomic mass is 31.2. The van der Waals surface area contributed by atoms with Crippen LogP contribution in [-0.2, 0) is 18.4 Å². The Hall–Kier alpha value is -1.28. The summed E-state index contributed by atoms with van der Waals surface area (Å²) in [4.78, 5) is 23.4. The lowest BCUT2D eigenvalue weighted by Crippen LogP contribution is -2.45. The van der Waals surface area contributed by atoms with Crippen LogP contribution < -0.4 is 5.32 Å². The summed E-state index contributed by atoms with van der Waals surface area (Å²) >= 11 is 0. The maximum atomic E-state index is 13.0. The predicted octanol–water partition coefficient (Wildman–Crippen LogP) is 22.1. The third-order valence-electron chi connectivity index (χ3n) is 16.1. The fourth-order valence-electron chi connectivity index (χ4n) is 10.6. The second kappa shape index (κ2) is 61.3. The molecule has 0 aromatic carbocycles. The molecule has 8 nitrogen and oxygen atoms in total. The van der Waals surface area contributed by atoms with E-state index in [-0.39, 0.29) is 19.1 Å². The van der Waals surface area contributed by atoms with Crippen molar-refractivity contribution in [3.8, 4) is 0 Å². The van der Waals surface area contributed by atoms with Crippen molar-refractivity contribution in [3.63, 3.8) is 0 Å². The lowest BCUT2D eigenvalue weighted by Gasteiger charge is -2.25. The first-order chi connectivity index (χ1) is 38.5. The zero-order valence-corrected chi connectivity index (χ0v) is 54.5. The number of carbonyl (C=O) groups excluding carboxylic acids is 1. The molecular weight excluding hydrogens is 996 g/mol. The summed E-state index contributed by atoms with van der Waals surface area (Å²) < 4.78 is 23.8. The lowest BCUT2D eigenvalue weighted by atomic mass is 10.0. The molecule has 79 heavy (non-hydrogen) atoms. The van der Waals surface area contributed by atoms with E-state index in [0.29, 0.717) is 17.4 Å². The van der Waals surface area contributed by atoms with E-state index in [1.807, 2.05) is 27.2 Å². The van der Waals surface area contributed by atoms with Crippen LogP contribution in [0.4, 0.5) is 0 Å². The van der Waals surface area contributed by atoms with Gasteiger partial charge in [-0.25, -0.2) is 4.57 Å². The molecule has 0 aromatic rings. The Balaban J connectivity index is 4.09. The summed E-state index contributed by atoms with van der Waals surface area (Å²) in [6.45, 7) is 4.85. The number of hydrogen-bond acceptors (Lipinski definition) is 5. The first-order valence-electron chi connectivity index (χ1n) is 34.9. The average Bonchev–Trinajstić information content (AvgIpc) is 3.42. The number of carbonyl (C=O) groups is 1. The molecule has 1 amide bonds. The third-order valence-corrected chi connectivity index (χ3v) is 17.1. The number of phosphoric acid groups is 1. The molecule has 0 aromatic heterocycles. The van der Waals surface area contributed by atoms with Crippen LogP contribution in [0, 0.1) is 0 Å². The molecule has 0 bridgehead atoms. The number of likely N-dealkylation sites (N-methyl/N-ethyl adjacent to an activating group) is 1. The highest BCUT2D eigenvalue weighted by molar-refractivity contribution is 7.47. The highest BCUT2D eigenvalue weighted by Gasteiger charge is 2.28. The van der Waals surface area contributed by atoms with Gasteiger partial charge in [-0.2, -0.15) is 0 Å². The van der Waals surface area contributed by atoms with Gasteiger partial charge in [0, 0.05) is 6.42 Å². The maximum Gasteiger partial charge on any atom is 0.472 e. The second-order valence-corrected chi connectivity index (χ2v) is 26.7. The molecule has 3 atom stereocenters. The van der Waals surface area contributed by atoms with E-state index in [4.69, 9.17) is 9.05 Å². The molecule has 3 unspecified atom stereocenters. The Morgan fingerprint density at radius 2 is 0.696 bits per heavy atom. The molecule has 0 spiro atoms. The van der Waals surface area contributed by atoms with E-state index in [1.54, 1.807) is 6.08 Å². The number of hydrogen-bond donors (Lipinski definition) is 3. The van der Waals surface area contributed by atoms with E-state index >= 15 is 0 Å². The van der Waals surface area contributed by atoms with Gasteiger partial charge in [-0.3, -0.25) is 13.8 Å². The molecule has 0 radical (unpaired) electrons. The lowest BCUT2D eigenvalue weighted by molar-refractivity contribution is -0.870. The third kappa shape index (κ3) is 64.1. The van der Waals surface area contributed by atoms with Crippen LogP contribution in [0.25, 0.3) is 0 Å². The first-order valence-corrected chi connectivity index (χ1v) is 36.4. The van der Waals surface area contributed by atoms with E-state index in [1.165, 1.54) is 295 Å². The largest absolute Gasteiger partial charge is 0.472 e. The Bertz CT molecular complexity index is 1380. The van der Waals surface area contributed by atoms with Crippen molar-refractivity contribution in [3.05, 3.63) is 36.5 Å². The van der Waals surface area contributed by atoms with E-state index in [0.717, 1.165) is 38.5 Å². The molecule has 0 saturated heterocycles. The van der Waals surface area contributed by atoms with E-state index in [2.05, 4.69) is 43.5 Å². The van der Waals surface area contributed by atoms with Gasteiger partial charge in [0.1, 0.15) is 13.2 Å². The van der Waals surface area contributed by atoms with Gasteiger partial charge >= 0.3 is 7.82 Å². The highest BCUT2D eigenvalue weighted by Crippen LogP contribution is 2.43. The second-order valence-electron chi connectivity index (χ2n) is 25.3. The Morgan fingerprint density at radius 1 is 0.418 bits per heavy atom. The summed E-state index contributed by atoms with van der Waals surface area (Å²) in [7, 11) is 1.57. The first kappa shape index (κ1) is 77.7. The molecule has 0 fully saturated rings. The fraction of sp³-hybridized carbons (Fsp3) is 0.900. The SMILES string of the molecule is CCCCCCCCCC/C=C\CCCCCCCCCCCCCCCCCC(=O)NC(COP(=O)(O)OCC[N+](C)(C)C)C(O)/C=C/CC/C=C/CCCCCCCCCCCCCCCCCCCCCCCCCC. The number of quaternary nitrogens is 1. The van der Waals surface area contributed by atoms with Gasteiger partial charge in [0.05, 0.1) is 39.9 Å². The number of phosphoric ester groups is 1. The molecule has 9 heteroatoms. The number of aliphatic hydroxyl groups excluding tert-OH is 1. The van der Waals surface area contributed by atoms with Gasteiger partial charge in [0.25, 0.3) is 0 Å². The number of aliphatic hydroxyl groups is 1. The topological polar surface area (TPSA) is 105 Å². The number of rotatable bonds is 65. The molecule has 0 aliphatic heterocycles. The molecule has 3 N–H and O–H groups in total. The average molecular weight is 1130 g/mol. The summed E-state index contributed by atoms with van der Waals surface area (Å²) in [6.07, 6.45) is 81.6. The Kier molecular flexibility index (Phi) is 60.3. The van der Waals surface area contributed by atoms with E-state index < -0.39 is 20.0 Å². The molecule has 0 heterocycles. The minimum atomic E-state index is -4.36. The van der Waals surface area contributed by atoms with Crippen LogP contribution in [0.15, 0.2) is 36.5 Å². The minimum absolute atomic E-state index is 0.0577. The number of allylic oxidation sites excluding steroid dienone is 5. The van der Waals surface area contributed by atoms with Crippen molar-refractivity contribution in [1.82, 2.24) is 5.32 Å². The number of unbranched alkanes of at least 4 members (excludes halogenated alkanes) is 48. The molecule has 0 saturated carbocycles. The van der Waals surface area contributed by atoms with Gasteiger partial charge in [-0.05, 0) is 57.8 Å². The zero-order valence-electron chi connectivity index (χ0n) is 53.6. The summed E-state index contributed by atoms with van der Waals surface area (Å²) in [6, 6.07) is -0.864. The van der Waals surface area contributed by atoms with Gasteiger partial charge in [0.2, 0.25) is 5.91 Å². The van der Waals surface area contributed by atoms with Gasteiger partial charge in [-0.1, -0.05) is 326 Å². The van der Waals surface area contributed by atoms with Crippen LogP contribution in [-0.4, -0.2) is 73.4 Å². The number of amides is 1. The molecule has 0 rings (SSSR count). The smallest absolute Gasteiger partial charge is 0.387 e. The van der Waals surface area contributed by atoms with Crippen LogP contribution in [0.2, 0.25) is 0 Å². The van der Waals surface area contributed by atoms with Crippen molar-refractivity contribution in [1.29, 1.82) is 0 Å². The van der Waals surface area contributed by atoms with Gasteiger partial charge in [-0.15, -0.1) is 0 Å². The van der Waals surface area contributed by atoms with Crippen molar-refractivity contribution in [2.45, 2.75) is 366 Å². The molecule has 0 aliphatic rings. The normalized spacial score (nSPS) is 13.9. The predicted molar refractivity (Wildman–Crippen MR) is 346 cm³/mol. The molecular formula is C70H138N2O6P+. The standard InChI is InChI=1S/C70H137N2O6P/c1-6-8-10-12-14-16-18-20-22-24-26-28-30-32-34-35-36-38-39-41-43-45-47-49-51-53-55-57-59-61-63-69(73)68(67-78-79(75,76)77-66-65-72(3,4)5)71-70(74)64-62-60-58-56-54-52-50-48-46-44-42-40-37-33-31-29-27-25-23-21-19-17-15-13-11-9-7-2/h25,27,53,55,61,63,68-69,73H,6-24,26,28-52,54,56-60,62,64-67H2,1-5H3,(H-,71,74,75,76)/p+1/b27-25-,55-53+,63-61+. The van der Waals surface area contributed by atoms with Gasteiger partial charge < -0.3 is 19.8 Å². The molecule has 468 valence electrons. The summed E-state index contributed by atoms with van der Waals surface area (Å²) in [5, 5.41) is 14.0. The fourth-order valence-corrected chi connectivity index (χ4v) is 11.4. The monoisotopic (exact) mass is 1130 g/mol. The van der Waals surface area contributed by atoms with Crippen LogP contribution >= 0.6 is 7.82 Å². The quantitative estimate of drug-likeness (QED) is 0.0243. The Labute approximate surface area is 493 Å². The van der Waals surface area contributed by atoms with Crippen molar-refractivity contribution < 1.29 is 32.9 Å². The van der Waals surface area contributed by atoms with Crippen molar-refractivity contribution in [2.75, 3.05) is 40.9 Å². The van der Waals surface area contributed by atoms with Crippen molar-refractivity contribution >= 4 is 13.7 Å². The van der Waals surface area contributed by atoms with Crippen LogP contribution in [0.1, 0.15) is 354 Å². The maximum absolute atomic E-state index is 13.0. The Morgan fingerprint density at radius 3 is 1.01 bits per heavy atom. The van der Waals surface area contributed by atoms with Crippen LogP contribution in [0.5, 0.6) is 0 Å². The van der Waals surface area contributed by atoms with E-state index in [9.17, 15) is 19.4 Å². The summed E-state index contributed by atoms with van der Waals surface area (Å²) in [5.41, 5.74) is 0. The molecule has 0 aliphatic carbocycles. The van der Waals surface area contributed by atoms with Crippen molar-refractivity contribution in [2.24, 2.45) is 0 Å². The number of nitrogens with one attached hydrogen (secondary N) is 1.